The SMILES string of the molecule is CCC(C)(C)OCCC(C)(C)Oc1ccc([C@H](CC(=O)O)N2CCN(CCCc3ccc4c(n3)NCCC4)C2=O)cc1F. The van der Waals surface area contributed by atoms with E-state index >= 15 is 4.39 Å². The number of carboxylic acid groups (broad SMARTS) is 1. The first kappa shape index (κ1) is 32.5. The molecular formula is C33H47FN4O5. The maximum absolute atomic E-state index is 15.3. The van der Waals surface area contributed by atoms with E-state index in [2.05, 4.69) is 24.4 Å². The first-order valence-electron chi connectivity index (χ1n) is 15.5. The van der Waals surface area contributed by atoms with Crippen LogP contribution in [0.1, 0.15) is 89.6 Å². The molecule has 10 heteroatoms. The van der Waals surface area contributed by atoms with Crippen molar-refractivity contribution < 1.29 is 28.6 Å². The Morgan fingerprint density at radius 2 is 1.95 bits per heavy atom. The maximum atomic E-state index is 15.3. The molecule has 1 aromatic carbocycles. The molecule has 2 N–H and O–H groups in total. The number of aryl methyl sites for hydroxylation is 2. The highest BCUT2D eigenvalue weighted by Crippen LogP contribution is 2.33. The van der Waals surface area contributed by atoms with E-state index in [4.69, 9.17) is 14.5 Å². The smallest absolute Gasteiger partial charge is 0.320 e. The van der Waals surface area contributed by atoms with Gasteiger partial charge in [0.05, 0.1) is 24.7 Å². The van der Waals surface area contributed by atoms with Gasteiger partial charge in [0.25, 0.3) is 0 Å². The zero-order valence-electron chi connectivity index (χ0n) is 26.2. The number of rotatable bonds is 15. The number of fused-ring (bicyclic) bond motifs is 1. The molecule has 0 aliphatic carbocycles. The van der Waals surface area contributed by atoms with Crippen molar-refractivity contribution in [3.63, 3.8) is 0 Å². The van der Waals surface area contributed by atoms with Gasteiger partial charge in [-0.25, -0.2) is 14.2 Å². The number of hydrogen-bond acceptors (Lipinski definition) is 6. The number of carbonyl (C=O) groups excluding carboxylic acids is 1. The molecular weight excluding hydrogens is 551 g/mol. The van der Waals surface area contributed by atoms with E-state index in [-0.39, 0.29) is 23.8 Å². The van der Waals surface area contributed by atoms with Crippen LogP contribution >= 0.6 is 0 Å². The van der Waals surface area contributed by atoms with Gasteiger partial charge < -0.3 is 29.7 Å². The van der Waals surface area contributed by atoms with Gasteiger partial charge in [0.1, 0.15) is 11.4 Å². The molecule has 2 aromatic rings. The lowest BCUT2D eigenvalue weighted by molar-refractivity contribution is -0.138. The highest BCUT2D eigenvalue weighted by molar-refractivity contribution is 5.78. The van der Waals surface area contributed by atoms with Gasteiger partial charge in [0, 0.05) is 38.3 Å². The minimum atomic E-state index is -1.06. The van der Waals surface area contributed by atoms with Crippen LogP contribution in [-0.2, 0) is 22.4 Å². The zero-order chi connectivity index (χ0) is 31.2. The summed E-state index contributed by atoms with van der Waals surface area (Å²) >= 11 is 0. The van der Waals surface area contributed by atoms with Gasteiger partial charge in [-0.3, -0.25) is 4.79 Å². The average molecular weight is 599 g/mol. The molecule has 0 spiro atoms. The van der Waals surface area contributed by atoms with Gasteiger partial charge >= 0.3 is 12.0 Å². The minimum Gasteiger partial charge on any atom is -0.485 e. The summed E-state index contributed by atoms with van der Waals surface area (Å²) in [7, 11) is 0. The molecule has 2 aliphatic heterocycles. The molecule has 0 saturated carbocycles. The zero-order valence-corrected chi connectivity index (χ0v) is 26.2. The number of anilines is 1. The lowest BCUT2D eigenvalue weighted by Gasteiger charge is -2.30. The van der Waals surface area contributed by atoms with Crippen LogP contribution in [0.2, 0.25) is 0 Å². The third-order valence-electron chi connectivity index (χ3n) is 8.46. The van der Waals surface area contributed by atoms with E-state index in [1.807, 2.05) is 27.7 Å². The fraction of sp³-hybridized carbons (Fsp3) is 0.606. The minimum absolute atomic E-state index is 0.0814. The summed E-state index contributed by atoms with van der Waals surface area (Å²) in [5.74, 6) is -0.606. The van der Waals surface area contributed by atoms with Gasteiger partial charge in [-0.2, -0.15) is 0 Å². The lowest BCUT2D eigenvalue weighted by Crippen LogP contribution is -2.36. The molecule has 0 radical (unpaired) electrons. The van der Waals surface area contributed by atoms with E-state index < -0.39 is 23.4 Å². The van der Waals surface area contributed by atoms with Gasteiger partial charge in [0.15, 0.2) is 11.6 Å². The molecule has 1 aromatic heterocycles. The molecule has 3 heterocycles. The van der Waals surface area contributed by atoms with Crippen LogP contribution in [0.4, 0.5) is 15.0 Å². The Morgan fingerprint density at radius 1 is 1.16 bits per heavy atom. The Kier molecular flexibility index (Phi) is 10.5. The average Bonchev–Trinajstić information content (AvgIpc) is 3.32. The van der Waals surface area contributed by atoms with Crippen molar-refractivity contribution in [3.8, 4) is 5.75 Å². The van der Waals surface area contributed by atoms with Crippen LogP contribution in [-0.4, -0.2) is 75.9 Å². The lowest BCUT2D eigenvalue weighted by atomic mass is 10.0. The van der Waals surface area contributed by atoms with E-state index in [1.54, 1.807) is 15.9 Å². The molecule has 0 bridgehead atoms. The fourth-order valence-corrected chi connectivity index (χ4v) is 5.46. The molecule has 9 nitrogen and oxygen atoms in total. The first-order chi connectivity index (χ1) is 20.4. The van der Waals surface area contributed by atoms with E-state index in [0.29, 0.717) is 38.2 Å². The van der Waals surface area contributed by atoms with Crippen molar-refractivity contribution in [2.75, 3.05) is 38.1 Å². The predicted octanol–water partition coefficient (Wildman–Crippen LogP) is 6.22. The number of pyridine rings is 1. The number of benzene rings is 1. The quantitative estimate of drug-likeness (QED) is 0.251. The van der Waals surface area contributed by atoms with Crippen LogP contribution < -0.4 is 10.1 Å². The van der Waals surface area contributed by atoms with E-state index in [0.717, 1.165) is 50.2 Å². The van der Waals surface area contributed by atoms with Crippen LogP contribution in [0.15, 0.2) is 30.3 Å². The standard InChI is InChI=1S/C33H47FN4O5/c1-6-32(2,3)42-20-15-33(4,5)43-28-14-12-24(21-26(28)34)27(22-29(39)40)38-19-18-37(31(38)41)17-8-10-25-13-11-23-9-7-16-35-30(23)36-25/h11-14,21,27H,6-10,15-20,22H2,1-5H3,(H,35,36)(H,39,40)/t27-/m0/s1. The van der Waals surface area contributed by atoms with Crippen LogP contribution in [0, 0.1) is 5.82 Å². The largest absolute Gasteiger partial charge is 0.485 e. The number of halogens is 1. The summed E-state index contributed by atoms with van der Waals surface area (Å²) in [4.78, 5) is 33.2. The van der Waals surface area contributed by atoms with E-state index in [9.17, 15) is 14.7 Å². The maximum Gasteiger partial charge on any atom is 0.320 e. The number of ether oxygens (including phenoxy) is 2. The monoisotopic (exact) mass is 598 g/mol. The summed E-state index contributed by atoms with van der Waals surface area (Å²) in [6, 6.07) is 7.63. The van der Waals surface area contributed by atoms with Crippen molar-refractivity contribution in [2.24, 2.45) is 0 Å². The molecule has 1 saturated heterocycles. The Labute approximate surface area is 254 Å². The molecule has 0 unspecified atom stereocenters. The molecule has 236 valence electrons. The van der Waals surface area contributed by atoms with Crippen LogP contribution in [0.3, 0.4) is 0 Å². The molecule has 1 atom stereocenters. The van der Waals surface area contributed by atoms with Crippen LogP contribution in [0.5, 0.6) is 5.75 Å². The number of carboxylic acids is 1. The van der Waals surface area contributed by atoms with Crippen LogP contribution in [0.25, 0.3) is 0 Å². The number of amides is 2. The normalized spacial score (nSPS) is 16.2. The Bertz CT molecular complexity index is 1280. The number of nitrogens with one attached hydrogen (secondary N) is 1. The second-order valence-electron chi connectivity index (χ2n) is 12.8. The van der Waals surface area contributed by atoms with Crippen molar-refractivity contribution in [2.45, 2.75) is 96.8 Å². The summed E-state index contributed by atoms with van der Waals surface area (Å²) < 4.78 is 27.2. The van der Waals surface area contributed by atoms with Gasteiger partial charge in [0.2, 0.25) is 0 Å². The Hall–Kier alpha value is -3.40. The van der Waals surface area contributed by atoms with Gasteiger partial charge in [-0.15, -0.1) is 0 Å². The first-order valence-corrected chi connectivity index (χ1v) is 15.5. The highest BCUT2D eigenvalue weighted by atomic mass is 19.1. The van der Waals surface area contributed by atoms with Gasteiger partial charge in [-0.1, -0.05) is 19.1 Å². The number of urea groups is 1. The number of aromatic nitrogens is 1. The number of nitrogens with zero attached hydrogens (tertiary/aromatic N) is 3. The summed E-state index contributed by atoms with van der Waals surface area (Å²) in [6.07, 6.45) is 4.76. The van der Waals surface area contributed by atoms with Gasteiger partial charge in [-0.05, 0) is 89.1 Å². The van der Waals surface area contributed by atoms with E-state index in [1.165, 1.54) is 17.7 Å². The second-order valence-corrected chi connectivity index (χ2v) is 12.8. The fourth-order valence-electron chi connectivity index (χ4n) is 5.46. The van der Waals surface area contributed by atoms with Crippen molar-refractivity contribution in [1.82, 2.24) is 14.8 Å². The summed E-state index contributed by atoms with van der Waals surface area (Å²) in [6.45, 7) is 12.7. The Balaban J connectivity index is 1.36. The topological polar surface area (TPSA) is 104 Å². The number of aliphatic carboxylic acids is 1. The highest BCUT2D eigenvalue weighted by Gasteiger charge is 2.36. The number of carbonyl (C=O) groups is 2. The Morgan fingerprint density at radius 3 is 2.67 bits per heavy atom. The predicted molar refractivity (Wildman–Crippen MR) is 164 cm³/mol. The molecule has 4 rings (SSSR count). The molecule has 1 fully saturated rings. The summed E-state index contributed by atoms with van der Waals surface area (Å²) in [5, 5.41) is 13.0. The van der Waals surface area contributed by atoms with Crippen molar-refractivity contribution >= 4 is 17.8 Å². The number of hydrogen-bond donors (Lipinski definition) is 2. The molecule has 2 amide bonds. The third-order valence-corrected chi connectivity index (χ3v) is 8.46. The van der Waals surface area contributed by atoms with Crippen molar-refractivity contribution in [3.05, 3.63) is 53.0 Å². The molecule has 2 aliphatic rings. The summed E-state index contributed by atoms with van der Waals surface area (Å²) in [5.41, 5.74) is 1.74. The van der Waals surface area contributed by atoms with Crippen molar-refractivity contribution in [1.29, 1.82) is 0 Å². The second kappa shape index (κ2) is 13.9. The molecule has 43 heavy (non-hydrogen) atoms. The third kappa shape index (κ3) is 8.81.